The van der Waals surface area contributed by atoms with E-state index in [0.29, 0.717) is 29.4 Å². The molecule has 0 aliphatic carbocycles. The maximum absolute atomic E-state index is 13.1. The van der Waals surface area contributed by atoms with E-state index in [2.05, 4.69) is 5.32 Å². The molecule has 0 amide bonds. The van der Waals surface area contributed by atoms with E-state index < -0.39 is 6.43 Å². The highest BCUT2D eigenvalue weighted by atomic mass is 19.3. The fourth-order valence-electron chi connectivity index (χ4n) is 2.79. The van der Waals surface area contributed by atoms with Gasteiger partial charge in [0.05, 0.1) is 0 Å². The molecule has 0 saturated carbocycles. The third-order valence-corrected chi connectivity index (χ3v) is 3.78. The van der Waals surface area contributed by atoms with E-state index in [1.54, 1.807) is 6.07 Å². The molecule has 1 aromatic rings. The van der Waals surface area contributed by atoms with E-state index in [4.69, 9.17) is 9.47 Å². The molecule has 104 valence electrons. The molecular weight excluding hydrogens is 252 g/mol. The molecule has 2 heterocycles. The third-order valence-electron chi connectivity index (χ3n) is 3.78. The van der Waals surface area contributed by atoms with Gasteiger partial charge in [-0.1, -0.05) is 0 Å². The van der Waals surface area contributed by atoms with Crippen molar-refractivity contribution in [2.75, 3.05) is 19.9 Å². The van der Waals surface area contributed by atoms with Crippen molar-refractivity contribution in [3.63, 3.8) is 0 Å². The Hall–Kier alpha value is -1.36. The molecule has 1 saturated heterocycles. The van der Waals surface area contributed by atoms with E-state index >= 15 is 0 Å². The van der Waals surface area contributed by atoms with Crippen LogP contribution in [0, 0.1) is 5.92 Å². The van der Waals surface area contributed by atoms with Crippen molar-refractivity contribution in [1.82, 2.24) is 5.32 Å². The van der Waals surface area contributed by atoms with Crippen LogP contribution in [0.2, 0.25) is 0 Å². The Balaban J connectivity index is 1.85. The lowest BCUT2D eigenvalue weighted by Gasteiger charge is -2.23. The van der Waals surface area contributed by atoms with Crippen LogP contribution in [0.4, 0.5) is 8.78 Å². The number of benzene rings is 1. The monoisotopic (exact) mass is 269 g/mol. The molecule has 1 aromatic carbocycles. The minimum absolute atomic E-state index is 0.0785. The lowest BCUT2D eigenvalue weighted by molar-refractivity contribution is 0.149. The topological polar surface area (TPSA) is 30.5 Å². The van der Waals surface area contributed by atoms with Crippen molar-refractivity contribution in [3.05, 3.63) is 23.3 Å². The first-order valence-electron chi connectivity index (χ1n) is 6.65. The van der Waals surface area contributed by atoms with Crippen LogP contribution in [0.25, 0.3) is 0 Å². The summed E-state index contributed by atoms with van der Waals surface area (Å²) in [6.07, 6.45) is 0.396. The number of nitrogens with one attached hydrogen (secondary N) is 1. The van der Waals surface area contributed by atoms with E-state index in [1.807, 2.05) is 0 Å². The van der Waals surface area contributed by atoms with E-state index in [1.165, 1.54) is 6.07 Å². The minimum Gasteiger partial charge on any atom is -0.454 e. The summed E-state index contributed by atoms with van der Waals surface area (Å²) in [4.78, 5) is 0. The van der Waals surface area contributed by atoms with E-state index in [0.717, 1.165) is 25.9 Å². The van der Waals surface area contributed by atoms with Gasteiger partial charge in [-0.2, -0.15) is 0 Å². The fraction of sp³-hybridized carbons (Fsp3) is 0.571. The summed E-state index contributed by atoms with van der Waals surface area (Å²) >= 11 is 0. The average molecular weight is 269 g/mol. The van der Waals surface area contributed by atoms with Crippen LogP contribution in [0.1, 0.15) is 30.4 Å². The maximum Gasteiger partial charge on any atom is 0.264 e. The van der Waals surface area contributed by atoms with Crippen molar-refractivity contribution >= 4 is 0 Å². The smallest absolute Gasteiger partial charge is 0.264 e. The number of hydrogen-bond donors (Lipinski definition) is 1. The quantitative estimate of drug-likeness (QED) is 0.915. The van der Waals surface area contributed by atoms with Gasteiger partial charge in [0, 0.05) is 5.56 Å². The van der Waals surface area contributed by atoms with Gasteiger partial charge in [0.25, 0.3) is 6.43 Å². The van der Waals surface area contributed by atoms with Gasteiger partial charge >= 0.3 is 0 Å². The molecule has 3 nitrogen and oxygen atoms in total. The SMILES string of the molecule is FC(F)c1cc2c(cc1CC1CCCNC1)OCO2. The van der Waals surface area contributed by atoms with Gasteiger partial charge < -0.3 is 14.8 Å². The molecule has 1 N–H and O–H groups in total. The van der Waals surface area contributed by atoms with Crippen LogP contribution in [-0.2, 0) is 6.42 Å². The summed E-state index contributed by atoms with van der Waals surface area (Å²) < 4.78 is 36.7. The van der Waals surface area contributed by atoms with Crippen LogP contribution in [0.5, 0.6) is 11.5 Å². The number of alkyl halides is 2. The Morgan fingerprint density at radius 3 is 2.74 bits per heavy atom. The highest BCUT2D eigenvalue weighted by Crippen LogP contribution is 2.39. The predicted octanol–water partition coefficient (Wildman–Crippen LogP) is 2.90. The Labute approximate surface area is 110 Å². The van der Waals surface area contributed by atoms with Crippen LogP contribution in [0.3, 0.4) is 0 Å². The molecule has 3 rings (SSSR count). The first-order chi connectivity index (χ1) is 9.24. The molecule has 0 spiro atoms. The van der Waals surface area contributed by atoms with Crippen molar-refractivity contribution in [2.45, 2.75) is 25.7 Å². The molecule has 5 heteroatoms. The third kappa shape index (κ3) is 2.66. The van der Waals surface area contributed by atoms with Gasteiger partial charge in [-0.25, -0.2) is 8.78 Å². The highest BCUT2D eigenvalue weighted by molar-refractivity contribution is 5.49. The number of piperidine rings is 1. The molecule has 2 aliphatic rings. The number of rotatable bonds is 3. The first kappa shape index (κ1) is 12.7. The van der Waals surface area contributed by atoms with Crippen LogP contribution in [-0.4, -0.2) is 19.9 Å². The molecule has 1 atom stereocenters. The van der Waals surface area contributed by atoms with Gasteiger partial charge in [-0.05, 0) is 56.0 Å². The molecule has 0 radical (unpaired) electrons. The molecule has 0 aromatic heterocycles. The summed E-state index contributed by atoms with van der Waals surface area (Å²) in [7, 11) is 0. The lowest BCUT2D eigenvalue weighted by atomic mass is 9.90. The van der Waals surface area contributed by atoms with Gasteiger partial charge in [0.15, 0.2) is 11.5 Å². The Morgan fingerprint density at radius 2 is 2.05 bits per heavy atom. The van der Waals surface area contributed by atoms with E-state index in [-0.39, 0.29) is 12.4 Å². The van der Waals surface area contributed by atoms with Crippen molar-refractivity contribution in [1.29, 1.82) is 0 Å². The number of ether oxygens (including phenoxy) is 2. The van der Waals surface area contributed by atoms with Crippen LogP contribution < -0.4 is 14.8 Å². The number of halogens is 2. The van der Waals surface area contributed by atoms with Crippen molar-refractivity contribution in [3.8, 4) is 11.5 Å². The second kappa shape index (κ2) is 5.33. The first-order valence-corrected chi connectivity index (χ1v) is 6.65. The fourth-order valence-corrected chi connectivity index (χ4v) is 2.79. The molecule has 1 fully saturated rings. The highest BCUT2D eigenvalue weighted by Gasteiger charge is 2.24. The number of hydrogen-bond acceptors (Lipinski definition) is 3. The maximum atomic E-state index is 13.1. The van der Waals surface area contributed by atoms with E-state index in [9.17, 15) is 8.78 Å². The second-order valence-electron chi connectivity index (χ2n) is 5.12. The lowest BCUT2D eigenvalue weighted by Crippen LogP contribution is -2.31. The van der Waals surface area contributed by atoms with Gasteiger partial charge in [0.1, 0.15) is 0 Å². The average Bonchev–Trinajstić information content (AvgIpc) is 2.86. The molecule has 19 heavy (non-hydrogen) atoms. The Morgan fingerprint density at radius 1 is 1.26 bits per heavy atom. The Kier molecular flexibility index (Phi) is 3.55. The summed E-state index contributed by atoms with van der Waals surface area (Å²) in [5.74, 6) is 1.44. The van der Waals surface area contributed by atoms with Gasteiger partial charge in [-0.15, -0.1) is 0 Å². The molecular formula is C14H17F2NO2. The summed E-state index contributed by atoms with van der Waals surface area (Å²) in [6, 6.07) is 3.15. The molecule has 0 bridgehead atoms. The van der Waals surface area contributed by atoms with Crippen molar-refractivity contribution in [2.24, 2.45) is 5.92 Å². The second-order valence-corrected chi connectivity index (χ2v) is 5.12. The molecule has 1 unspecified atom stereocenters. The standard InChI is InChI=1S/C14H17F2NO2/c15-14(16)11-6-13-12(18-8-19-13)5-10(11)4-9-2-1-3-17-7-9/h5-6,9,14,17H,1-4,7-8H2. The van der Waals surface area contributed by atoms with Crippen LogP contribution >= 0.6 is 0 Å². The number of fused-ring (bicyclic) bond motifs is 1. The van der Waals surface area contributed by atoms with Gasteiger partial charge in [-0.3, -0.25) is 0 Å². The zero-order chi connectivity index (χ0) is 13.2. The normalized spacial score (nSPS) is 21.9. The summed E-state index contributed by atoms with van der Waals surface area (Å²) in [5.41, 5.74) is 0.766. The molecule has 2 aliphatic heterocycles. The zero-order valence-corrected chi connectivity index (χ0v) is 10.6. The summed E-state index contributed by atoms with van der Waals surface area (Å²) in [6.45, 7) is 2.04. The van der Waals surface area contributed by atoms with Gasteiger partial charge in [0.2, 0.25) is 6.79 Å². The Bertz CT molecular complexity index is 459. The van der Waals surface area contributed by atoms with Crippen LogP contribution in [0.15, 0.2) is 12.1 Å². The summed E-state index contributed by atoms with van der Waals surface area (Å²) in [5, 5.41) is 3.31. The largest absolute Gasteiger partial charge is 0.454 e. The zero-order valence-electron chi connectivity index (χ0n) is 10.6. The van der Waals surface area contributed by atoms with Crippen molar-refractivity contribution < 1.29 is 18.3 Å². The predicted molar refractivity (Wildman–Crippen MR) is 66.8 cm³/mol. The minimum atomic E-state index is -2.47.